The number of allylic oxidation sites excluding steroid dienone is 2. The first-order chi connectivity index (χ1) is 8.69. The van der Waals surface area contributed by atoms with Gasteiger partial charge < -0.3 is 10.1 Å². The van der Waals surface area contributed by atoms with Crippen molar-refractivity contribution in [1.82, 2.24) is 5.32 Å². The number of nitrogens with one attached hydrogen (secondary N) is 1. The van der Waals surface area contributed by atoms with E-state index < -0.39 is 0 Å². The van der Waals surface area contributed by atoms with E-state index in [9.17, 15) is 10.1 Å². The largest absolute Gasteiger partial charge is 0.463 e. The molecule has 1 unspecified atom stereocenters. The highest BCUT2D eigenvalue weighted by molar-refractivity contribution is 5.90. The minimum atomic E-state index is -0.304. The SMILES string of the molecule is CCOC(=O)C1=CNC(C)=C(C#N)C1C1CCC1. The minimum Gasteiger partial charge on any atom is -0.463 e. The van der Waals surface area contributed by atoms with Crippen LogP contribution in [0.1, 0.15) is 33.1 Å². The zero-order valence-corrected chi connectivity index (χ0v) is 10.8. The van der Waals surface area contributed by atoms with Crippen LogP contribution in [0.4, 0.5) is 0 Å². The lowest BCUT2D eigenvalue weighted by Crippen LogP contribution is -2.33. The number of dihydropyridines is 1. The summed E-state index contributed by atoms with van der Waals surface area (Å²) in [4.78, 5) is 12.0. The van der Waals surface area contributed by atoms with Crippen LogP contribution in [0.2, 0.25) is 0 Å². The second-order valence-electron chi connectivity index (χ2n) is 4.78. The molecule has 0 spiro atoms. The third-order valence-electron chi connectivity index (χ3n) is 3.75. The van der Waals surface area contributed by atoms with Gasteiger partial charge in [-0.3, -0.25) is 0 Å². The Balaban J connectivity index is 2.29. The molecule has 0 bridgehead atoms. The number of hydrogen-bond acceptors (Lipinski definition) is 4. The molecule has 0 aromatic rings. The summed E-state index contributed by atoms with van der Waals surface area (Å²) >= 11 is 0. The number of ether oxygens (including phenoxy) is 1. The lowest BCUT2D eigenvalue weighted by atomic mass is 9.69. The molecule has 18 heavy (non-hydrogen) atoms. The highest BCUT2D eigenvalue weighted by Gasteiger charge is 2.38. The molecule has 4 nitrogen and oxygen atoms in total. The predicted octanol–water partition coefficient (Wildman–Crippen LogP) is 2.25. The molecule has 1 aliphatic heterocycles. The molecule has 1 saturated carbocycles. The zero-order chi connectivity index (χ0) is 13.1. The fourth-order valence-corrected chi connectivity index (χ4v) is 2.56. The van der Waals surface area contributed by atoms with Crippen molar-refractivity contribution in [1.29, 1.82) is 5.26 Å². The van der Waals surface area contributed by atoms with E-state index >= 15 is 0 Å². The minimum absolute atomic E-state index is 0.0796. The van der Waals surface area contributed by atoms with E-state index in [1.54, 1.807) is 13.1 Å². The number of carbonyl (C=O) groups excluding carboxylic acids is 1. The summed E-state index contributed by atoms with van der Waals surface area (Å²) in [6, 6.07) is 2.25. The van der Waals surface area contributed by atoms with Crippen LogP contribution in [0.3, 0.4) is 0 Å². The van der Waals surface area contributed by atoms with Crippen molar-refractivity contribution in [2.75, 3.05) is 6.61 Å². The number of esters is 1. The van der Waals surface area contributed by atoms with E-state index in [0.29, 0.717) is 23.7 Å². The average Bonchev–Trinajstić information content (AvgIpc) is 2.27. The Labute approximate surface area is 107 Å². The zero-order valence-electron chi connectivity index (χ0n) is 10.8. The molecule has 0 amide bonds. The molecule has 96 valence electrons. The molecule has 1 N–H and O–H groups in total. The topological polar surface area (TPSA) is 62.1 Å². The van der Waals surface area contributed by atoms with Crippen LogP contribution in [0, 0.1) is 23.2 Å². The molecule has 0 saturated heterocycles. The van der Waals surface area contributed by atoms with Crippen LogP contribution < -0.4 is 5.32 Å². The molecule has 4 heteroatoms. The van der Waals surface area contributed by atoms with Gasteiger partial charge in [0, 0.05) is 17.8 Å². The second kappa shape index (κ2) is 5.26. The van der Waals surface area contributed by atoms with Crippen LogP contribution in [-0.4, -0.2) is 12.6 Å². The fourth-order valence-electron chi connectivity index (χ4n) is 2.56. The Morgan fingerprint density at radius 2 is 2.33 bits per heavy atom. The fraction of sp³-hybridized carbons (Fsp3) is 0.571. The lowest BCUT2D eigenvalue weighted by Gasteiger charge is -2.36. The van der Waals surface area contributed by atoms with E-state index in [0.717, 1.165) is 18.5 Å². The van der Waals surface area contributed by atoms with E-state index in [1.165, 1.54) is 6.42 Å². The van der Waals surface area contributed by atoms with Crippen molar-refractivity contribution in [2.24, 2.45) is 11.8 Å². The molecule has 0 radical (unpaired) electrons. The third kappa shape index (κ3) is 2.13. The van der Waals surface area contributed by atoms with Gasteiger partial charge in [0.05, 0.1) is 23.8 Å². The Kier molecular flexibility index (Phi) is 3.71. The second-order valence-corrected chi connectivity index (χ2v) is 4.78. The van der Waals surface area contributed by atoms with Crippen molar-refractivity contribution in [2.45, 2.75) is 33.1 Å². The van der Waals surface area contributed by atoms with Crippen molar-refractivity contribution in [3.05, 3.63) is 23.0 Å². The molecule has 0 aromatic carbocycles. The molecule has 1 atom stereocenters. The first-order valence-electron chi connectivity index (χ1n) is 6.43. The summed E-state index contributed by atoms with van der Waals surface area (Å²) in [7, 11) is 0. The Hall–Kier alpha value is -1.76. The summed E-state index contributed by atoms with van der Waals surface area (Å²) < 4.78 is 5.08. The van der Waals surface area contributed by atoms with Crippen LogP contribution in [0.25, 0.3) is 0 Å². The highest BCUT2D eigenvalue weighted by atomic mass is 16.5. The predicted molar refractivity (Wildman–Crippen MR) is 67.0 cm³/mol. The molecule has 2 aliphatic rings. The maximum atomic E-state index is 12.0. The van der Waals surface area contributed by atoms with Gasteiger partial charge in [-0.2, -0.15) is 5.26 Å². The van der Waals surface area contributed by atoms with Gasteiger partial charge in [-0.05, 0) is 32.6 Å². The van der Waals surface area contributed by atoms with E-state index in [-0.39, 0.29) is 11.9 Å². The number of hydrogen-bond donors (Lipinski definition) is 1. The summed E-state index contributed by atoms with van der Waals surface area (Å²) in [5.74, 6) is 0.0264. The standard InChI is InChI=1S/C14H18N2O2/c1-3-18-14(17)12-8-16-9(2)11(7-15)13(12)10-5-4-6-10/h8,10,13,16H,3-6H2,1-2H3. The maximum absolute atomic E-state index is 12.0. The molecule has 0 aromatic heterocycles. The first-order valence-corrected chi connectivity index (χ1v) is 6.43. The smallest absolute Gasteiger partial charge is 0.336 e. The Morgan fingerprint density at radius 3 is 2.83 bits per heavy atom. The van der Waals surface area contributed by atoms with Gasteiger partial charge in [0.2, 0.25) is 0 Å². The molecule has 2 rings (SSSR count). The summed E-state index contributed by atoms with van der Waals surface area (Å²) in [6.07, 6.45) is 5.05. The van der Waals surface area contributed by atoms with Gasteiger partial charge >= 0.3 is 5.97 Å². The van der Waals surface area contributed by atoms with Gasteiger partial charge in [0.1, 0.15) is 0 Å². The number of nitriles is 1. The number of rotatable bonds is 3. The molecular weight excluding hydrogens is 228 g/mol. The van der Waals surface area contributed by atoms with Gasteiger partial charge in [-0.1, -0.05) is 6.42 Å². The van der Waals surface area contributed by atoms with Crippen LogP contribution in [-0.2, 0) is 9.53 Å². The molecule has 1 fully saturated rings. The quantitative estimate of drug-likeness (QED) is 0.776. The number of carbonyl (C=O) groups is 1. The van der Waals surface area contributed by atoms with Gasteiger partial charge in [0.15, 0.2) is 0 Å². The van der Waals surface area contributed by atoms with E-state index in [4.69, 9.17) is 4.74 Å². The van der Waals surface area contributed by atoms with Crippen molar-refractivity contribution >= 4 is 5.97 Å². The summed E-state index contributed by atoms with van der Waals surface area (Å²) in [5.41, 5.74) is 2.14. The van der Waals surface area contributed by atoms with Crippen molar-refractivity contribution in [3.8, 4) is 6.07 Å². The average molecular weight is 246 g/mol. The van der Waals surface area contributed by atoms with Crippen molar-refractivity contribution < 1.29 is 9.53 Å². The number of nitrogens with zero attached hydrogens (tertiary/aromatic N) is 1. The highest BCUT2D eigenvalue weighted by Crippen LogP contribution is 2.43. The van der Waals surface area contributed by atoms with Gasteiger partial charge in [0.25, 0.3) is 0 Å². The van der Waals surface area contributed by atoms with E-state index in [2.05, 4.69) is 11.4 Å². The Bertz CT molecular complexity index is 453. The monoisotopic (exact) mass is 246 g/mol. The van der Waals surface area contributed by atoms with Crippen LogP contribution >= 0.6 is 0 Å². The van der Waals surface area contributed by atoms with Crippen molar-refractivity contribution in [3.63, 3.8) is 0 Å². The maximum Gasteiger partial charge on any atom is 0.336 e. The van der Waals surface area contributed by atoms with Gasteiger partial charge in [-0.25, -0.2) is 4.79 Å². The van der Waals surface area contributed by atoms with E-state index in [1.807, 2.05) is 6.92 Å². The molecule has 1 aliphatic carbocycles. The third-order valence-corrected chi connectivity index (χ3v) is 3.75. The van der Waals surface area contributed by atoms with Crippen LogP contribution in [0.15, 0.2) is 23.0 Å². The molecular formula is C14H18N2O2. The lowest BCUT2D eigenvalue weighted by molar-refractivity contribution is -0.139. The first kappa shape index (κ1) is 12.7. The van der Waals surface area contributed by atoms with Crippen LogP contribution in [0.5, 0.6) is 0 Å². The summed E-state index contributed by atoms with van der Waals surface area (Å²) in [5, 5.41) is 12.3. The summed E-state index contributed by atoms with van der Waals surface area (Å²) in [6.45, 7) is 4.03. The van der Waals surface area contributed by atoms with Gasteiger partial charge in [-0.15, -0.1) is 0 Å². The normalized spacial score (nSPS) is 23.6. The Morgan fingerprint density at radius 1 is 1.61 bits per heavy atom. The molecule has 1 heterocycles.